The van der Waals surface area contributed by atoms with Crippen molar-refractivity contribution in [2.45, 2.75) is 6.18 Å². The molecule has 2 rings (SSSR count). The molecule has 5 nitrogen and oxygen atoms in total. The Morgan fingerprint density at radius 1 is 1.19 bits per heavy atom. The Hall–Kier alpha value is -2.74. The van der Waals surface area contributed by atoms with Gasteiger partial charge in [0, 0.05) is 5.56 Å². The smallest absolute Gasteiger partial charge is 0.416 e. The lowest BCUT2D eigenvalue weighted by Gasteiger charge is -2.10. The second-order valence-electron chi connectivity index (χ2n) is 5.02. The van der Waals surface area contributed by atoms with Crippen LogP contribution in [-0.2, 0) is 6.18 Å². The van der Waals surface area contributed by atoms with Crippen molar-refractivity contribution < 1.29 is 27.4 Å². The molecule has 138 valence electrons. The fourth-order valence-corrected chi connectivity index (χ4v) is 2.38. The van der Waals surface area contributed by atoms with Crippen molar-refractivity contribution in [2.75, 3.05) is 14.2 Å². The number of alkyl halides is 3. The molecule has 0 fully saturated rings. The summed E-state index contributed by atoms with van der Waals surface area (Å²) in [7, 11) is 2.87. The van der Waals surface area contributed by atoms with Gasteiger partial charge in [-0.25, -0.2) is 5.43 Å². The molecular formula is C17H14ClF3N2O3. The molecule has 1 N–H and O–H groups in total. The fourth-order valence-electron chi connectivity index (χ4n) is 2.08. The highest BCUT2D eigenvalue weighted by atomic mass is 35.5. The van der Waals surface area contributed by atoms with Gasteiger partial charge in [0.25, 0.3) is 5.91 Å². The largest absolute Gasteiger partial charge is 0.493 e. The Labute approximate surface area is 152 Å². The van der Waals surface area contributed by atoms with Crippen LogP contribution < -0.4 is 14.9 Å². The number of amides is 1. The maximum absolute atomic E-state index is 12.7. The number of rotatable bonds is 5. The summed E-state index contributed by atoms with van der Waals surface area (Å²) in [5.41, 5.74) is 1.58. The third-order valence-electron chi connectivity index (χ3n) is 3.29. The number of hydrogen-bond acceptors (Lipinski definition) is 4. The van der Waals surface area contributed by atoms with Crippen LogP contribution in [0, 0.1) is 0 Å². The van der Waals surface area contributed by atoms with E-state index < -0.39 is 17.6 Å². The molecule has 0 heterocycles. The number of hydrazone groups is 1. The standard InChI is InChI=1S/C17H14ClF3N2O3/c1-25-14-7-10(6-13(18)15(14)26-2)9-22-23-16(24)11-4-3-5-12(8-11)17(19,20)21/h3-9H,1-2H3,(H,23,24)/b22-9-. The lowest BCUT2D eigenvalue weighted by atomic mass is 10.1. The van der Waals surface area contributed by atoms with Crippen LogP contribution in [0.15, 0.2) is 41.5 Å². The summed E-state index contributed by atoms with van der Waals surface area (Å²) in [5, 5.41) is 4.00. The maximum Gasteiger partial charge on any atom is 0.416 e. The van der Waals surface area contributed by atoms with Crippen molar-refractivity contribution in [2.24, 2.45) is 5.10 Å². The van der Waals surface area contributed by atoms with Crippen molar-refractivity contribution in [3.05, 3.63) is 58.1 Å². The average Bonchev–Trinajstić information content (AvgIpc) is 2.60. The molecule has 0 spiro atoms. The number of halogens is 4. The Morgan fingerprint density at radius 2 is 1.92 bits per heavy atom. The van der Waals surface area contributed by atoms with Gasteiger partial charge in [-0.3, -0.25) is 4.79 Å². The van der Waals surface area contributed by atoms with Crippen LogP contribution in [0.1, 0.15) is 21.5 Å². The number of ether oxygens (including phenoxy) is 2. The van der Waals surface area contributed by atoms with E-state index in [0.717, 1.165) is 18.2 Å². The lowest BCUT2D eigenvalue weighted by molar-refractivity contribution is -0.137. The van der Waals surface area contributed by atoms with E-state index >= 15 is 0 Å². The first kappa shape index (κ1) is 19.6. The normalized spacial score (nSPS) is 11.5. The monoisotopic (exact) mass is 386 g/mol. The number of benzene rings is 2. The van der Waals surface area contributed by atoms with E-state index in [1.165, 1.54) is 32.6 Å². The second-order valence-corrected chi connectivity index (χ2v) is 5.42. The van der Waals surface area contributed by atoms with Crippen molar-refractivity contribution in [1.29, 1.82) is 0 Å². The van der Waals surface area contributed by atoms with Gasteiger partial charge in [0.2, 0.25) is 0 Å². The molecule has 2 aromatic carbocycles. The van der Waals surface area contributed by atoms with Crippen LogP contribution in [0.25, 0.3) is 0 Å². The molecular weight excluding hydrogens is 373 g/mol. The number of methoxy groups -OCH3 is 2. The molecule has 0 saturated carbocycles. The van der Waals surface area contributed by atoms with Gasteiger partial charge in [-0.1, -0.05) is 17.7 Å². The predicted molar refractivity (Wildman–Crippen MR) is 91.1 cm³/mol. The summed E-state index contributed by atoms with van der Waals surface area (Å²) in [6.45, 7) is 0. The van der Waals surface area contributed by atoms with E-state index in [1.807, 2.05) is 0 Å². The molecule has 0 bridgehead atoms. The topological polar surface area (TPSA) is 59.9 Å². The van der Waals surface area contributed by atoms with Crippen molar-refractivity contribution in [3.63, 3.8) is 0 Å². The molecule has 0 saturated heterocycles. The summed E-state index contributed by atoms with van der Waals surface area (Å²) in [5.74, 6) is -0.0658. The third kappa shape index (κ3) is 4.66. The van der Waals surface area contributed by atoms with Gasteiger partial charge >= 0.3 is 6.18 Å². The molecule has 0 aliphatic heterocycles. The molecule has 0 atom stereocenters. The van der Waals surface area contributed by atoms with Crippen molar-refractivity contribution in [3.8, 4) is 11.5 Å². The van der Waals surface area contributed by atoms with E-state index in [4.69, 9.17) is 21.1 Å². The van der Waals surface area contributed by atoms with Crippen LogP contribution in [0.4, 0.5) is 13.2 Å². The quantitative estimate of drug-likeness (QED) is 0.620. The second kappa shape index (κ2) is 8.09. The molecule has 0 radical (unpaired) electrons. The third-order valence-corrected chi connectivity index (χ3v) is 3.57. The van der Waals surface area contributed by atoms with E-state index in [0.29, 0.717) is 17.1 Å². The minimum absolute atomic E-state index is 0.165. The number of carbonyl (C=O) groups excluding carboxylic acids is 1. The minimum atomic E-state index is -4.53. The van der Waals surface area contributed by atoms with Gasteiger partial charge in [0.05, 0.1) is 31.0 Å². The van der Waals surface area contributed by atoms with E-state index in [2.05, 4.69) is 10.5 Å². The maximum atomic E-state index is 12.7. The van der Waals surface area contributed by atoms with E-state index in [1.54, 1.807) is 6.07 Å². The number of hydrogen-bond donors (Lipinski definition) is 1. The molecule has 26 heavy (non-hydrogen) atoms. The zero-order valence-corrected chi connectivity index (χ0v) is 14.5. The van der Waals surface area contributed by atoms with E-state index in [9.17, 15) is 18.0 Å². The predicted octanol–water partition coefficient (Wildman–Crippen LogP) is 4.14. The van der Waals surface area contributed by atoms with Crippen molar-refractivity contribution >= 4 is 23.7 Å². The van der Waals surface area contributed by atoms with Crippen LogP contribution in [0.3, 0.4) is 0 Å². The Morgan fingerprint density at radius 3 is 2.54 bits per heavy atom. The van der Waals surface area contributed by atoms with Crippen LogP contribution in [0.5, 0.6) is 11.5 Å². The Kier molecular flexibility index (Phi) is 6.10. The van der Waals surface area contributed by atoms with Gasteiger partial charge in [-0.05, 0) is 35.9 Å². The van der Waals surface area contributed by atoms with Gasteiger partial charge in [0.15, 0.2) is 11.5 Å². The fraction of sp³-hybridized carbons (Fsp3) is 0.176. The summed E-state index contributed by atoms with van der Waals surface area (Å²) in [4.78, 5) is 11.9. The highest BCUT2D eigenvalue weighted by molar-refractivity contribution is 6.32. The summed E-state index contributed by atoms with van der Waals surface area (Å²) >= 11 is 6.05. The van der Waals surface area contributed by atoms with Gasteiger partial charge in [-0.15, -0.1) is 0 Å². The number of carbonyl (C=O) groups is 1. The Bertz CT molecular complexity index is 838. The zero-order chi connectivity index (χ0) is 19.3. The summed E-state index contributed by atoms with van der Waals surface area (Å²) in [6, 6.07) is 7.14. The molecule has 0 unspecified atom stereocenters. The first-order valence-electron chi connectivity index (χ1n) is 7.18. The van der Waals surface area contributed by atoms with Crippen LogP contribution in [0.2, 0.25) is 5.02 Å². The highest BCUT2D eigenvalue weighted by Crippen LogP contribution is 2.35. The van der Waals surface area contributed by atoms with Crippen molar-refractivity contribution in [1.82, 2.24) is 5.43 Å². The van der Waals surface area contributed by atoms with Crippen LogP contribution >= 0.6 is 11.6 Å². The number of nitrogens with one attached hydrogen (secondary N) is 1. The van der Waals surface area contributed by atoms with Gasteiger partial charge in [0.1, 0.15) is 0 Å². The first-order valence-corrected chi connectivity index (χ1v) is 7.56. The highest BCUT2D eigenvalue weighted by Gasteiger charge is 2.30. The minimum Gasteiger partial charge on any atom is -0.493 e. The van der Waals surface area contributed by atoms with E-state index in [-0.39, 0.29) is 10.6 Å². The molecule has 9 heteroatoms. The molecule has 0 aliphatic carbocycles. The average molecular weight is 387 g/mol. The molecule has 2 aromatic rings. The lowest BCUT2D eigenvalue weighted by Crippen LogP contribution is -2.18. The summed E-state index contributed by atoms with van der Waals surface area (Å²) in [6.07, 6.45) is -3.25. The van der Waals surface area contributed by atoms with Gasteiger partial charge < -0.3 is 9.47 Å². The van der Waals surface area contributed by atoms with Crippen LogP contribution in [-0.4, -0.2) is 26.3 Å². The Balaban J connectivity index is 2.14. The molecule has 0 aliphatic rings. The van der Waals surface area contributed by atoms with Gasteiger partial charge in [-0.2, -0.15) is 18.3 Å². The molecule has 1 amide bonds. The first-order chi connectivity index (χ1) is 12.3. The SMILES string of the molecule is COc1cc(/C=N\NC(=O)c2cccc(C(F)(F)F)c2)cc(Cl)c1OC. The summed E-state index contributed by atoms with van der Waals surface area (Å²) < 4.78 is 48.3. The zero-order valence-electron chi connectivity index (χ0n) is 13.7. The number of nitrogens with zero attached hydrogens (tertiary/aromatic N) is 1. The molecule has 0 aromatic heterocycles.